The maximum absolute atomic E-state index is 12.4. The number of hydrogen-bond acceptors (Lipinski definition) is 3. The van der Waals surface area contributed by atoms with Gasteiger partial charge in [0, 0.05) is 39.6 Å². The molecular formula is C15H27N3O3. The molecule has 2 aliphatic heterocycles. The Labute approximate surface area is 126 Å². The molecule has 1 atom stereocenters. The van der Waals surface area contributed by atoms with Crippen molar-refractivity contribution in [2.45, 2.75) is 32.1 Å². The molecule has 1 N–H and O–H groups in total. The SMILES string of the molecule is CN(CCN1CCCC1)C(=O)N1CCC(CCC(=O)O)C1. The molecule has 0 aromatic carbocycles. The lowest BCUT2D eigenvalue weighted by Gasteiger charge is -2.26. The van der Waals surface area contributed by atoms with Gasteiger partial charge in [0.2, 0.25) is 0 Å². The lowest BCUT2D eigenvalue weighted by Crippen LogP contribution is -2.43. The van der Waals surface area contributed by atoms with Gasteiger partial charge in [-0.15, -0.1) is 0 Å². The molecular weight excluding hydrogens is 270 g/mol. The molecule has 120 valence electrons. The Bertz CT molecular complexity index is 369. The number of carboxylic acids is 1. The minimum atomic E-state index is -0.748. The molecule has 0 bridgehead atoms. The van der Waals surface area contributed by atoms with Gasteiger partial charge in [0.1, 0.15) is 0 Å². The van der Waals surface area contributed by atoms with Gasteiger partial charge >= 0.3 is 12.0 Å². The molecule has 0 aliphatic carbocycles. The lowest BCUT2D eigenvalue weighted by molar-refractivity contribution is -0.137. The average molecular weight is 297 g/mol. The van der Waals surface area contributed by atoms with E-state index >= 15 is 0 Å². The van der Waals surface area contributed by atoms with Crippen LogP contribution in [0.2, 0.25) is 0 Å². The number of nitrogens with zero attached hydrogens (tertiary/aromatic N) is 3. The second-order valence-corrected chi connectivity index (χ2v) is 6.29. The van der Waals surface area contributed by atoms with Crippen molar-refractivity contribution in [1.82, 2.24) is 14.7 Å². The first-order valence-corrected chi connectivity index (χ1v) is 8.00. The van der Waals surface area contributed by atoms with E-state index in [4.69, 9.17) is 5.11 Å². The third-order valence-corrected chi connectivity index (χ3v) is 4.60. The highest BCUT2D eigenvalue weighted by Crippen LogP contribution is 2.21. The summed E-state index contributed by atoms with van der Waals surface area (Å²) in [4.78, 5) is 29.0. The van der Waals surface area contributed by atoms with Crippen molar-refractivity contribution in [3.05, 3.63) is 0 Å². The molecule has 0 radical (unpaired) electrons. The highest BCUT2D eigenvalue weighted by Gasteiger charge is 2.28. The van der Waals surface area contributed by atoms with E-state index in [0.717, 1.165) is 39.1 Å². The number of carbonyl (C=O) groups excluding carboxylic acids is 1. The molecule has 0 aromatic heterocycles. The fraction of sp³-hybridized carbons (Fsp3) is 0.867. The van der Waals surface area contributed by atoms with Crippen LogP contribution in [0, 0.1) is 5.92 Å². The Morgan fingerprint density at radius 3 is 2.62 bits per heavy atom. The van der Waals surface area contributed by atoms with E-state index < -0.39 is 5.97 Å². The average Bonchev–Trinajstić information content (AvgIpc) is 3.12. The van der Waals surface area contributed by atoms with Gasteiger partial charge < -0.3 is 19.8 Å². The maximum atomic E-state index is 12.4. The summed E-state index contributed by atoms with van der Waals surface area (Å²) >= 11 is 0. The van der Waals surface area contributed by atoms with Crippen LogP contribution in [0.25, 0.3) is 0 Å². The van der Waals surface area contributed by atoms with E-state index in [0.29, 0.717) is 18.9 Å². The van der Waals surface area contributed by atoms with Crippen molar-refractivity contribution in [2.24, 2.45) is 5.92 Å². The van der Waals surface area contributed by atoms with Gasteiger partial charge in [-0.3, -0.25) is 4.79 Å². The summed E-state index contributed by atoms with van der Waals surface area (Å²) in [5.74, 6) is -0.403. The fourth-order valence-electron chi connectivity index (χ4n) is 3.20. The highest BCUT2D eigenvalue weighted by atomic mass is 16.4. The number of likely N-dealkylation sites (N-methyl/N-ethyl adjacent to an activating group) is 1. The van der Waals surface area contributed by atoms with E-state index in [-0.39, 0.29) is 12.5 Å². The van der Waals surface area contributed by atoms with Crippen LogP contribution in [0.5, 0.6) is 0 Å². The summed E-state index contributed by atoms with van der Waals surface area (Å²) in [7, 11) is 1.86. The monoisotopic (exact) mass is 297 g/mol. The third-order valence-electron chi connectivity index (χ3n) is 4.60. The minimum Gasteiger partial charge on any atom is -0.481 e. The zero-order valence-corrected chi connectivity index (χ0v) is 13.0. The quantitative estimate of drug-likeness (QED) is 0.803. The van der Waals surface area contributed by atoms with Crippen LogP contribution in [-0.4, -0.2) is 78.1 Å². The third kappa shape index (κ3) is 4.88. The molecule has 1 unspecified atom stereocenters. The predicted octanol–water partition coefficient (Wildman–Crippen LogP) is 1.32. The first-order chi connectivity index (χ1) is 10.1. The van der Waals surface area contributed by atoms with E-state index in [1.54, 1.807) is 4.90 Å². The Balaban J connectivity index is 1.68. The number of amides is 2. The number of aliphatic carboxylic acids is 1. The van der Waals surface area contributed by atoms with E-state index in [9.17, 15) is 9.59 Å². The summed E-state index contributed by atoms with van der Waals surface area (Å²) in [5, 5.41) is 8.72. The number of carboxylic acid groups (broad SMARTS) is 1. The Hall–Kier alpha value is -1.30. The van der Waals surface area contributed by atoms with E-state index in [2.05, 4.69) is 4.90 Å². The van der Waals surface area contributed by atoms with Gasteiger partial charge in [0.25, 0.3) is 0 Å². The van der Waals surface area contributed by atoms with Crippen LogP contribution in [0.15, 0.2) is 0 Å². The topological polar surface area (TPSA) is 64.1 Å². The second kappa shape index (κ2) is 7.64. The number of urea groups is 1. The standard InChI is InChI=1S/C15H27N3O3/c1-16(10-11-17-7-2-3-8-17)15(21)18-9-6-13(12-18)4-5-14(19)20/h13H,2-12H2,1H3,(H,19,20). The zero-order chi connectivity index (χ0) is 15.2. The number of likely N-dealkylation sites (tertiary alicyclic amines) is 2. The summed E-state index contributed by atoms with van der Waals surface area (Å²) in [6, 6.07) is 0.0898. The Morgan fingerprint density at radius 2 is 1.95 bits per heavy atom. The molecule has 2 rings (SSSR count). The van der Waals surface area contributed by atoms with Crippen LogP contribution in [0.1, 0.15) is 32.1 Å². The van der Waals surface area contributed by atoms with Gasteiger partial charge in [-0.1, -0.05) is 0 Å². The predicted molar refractivity (Wildman–Crippen MR) is 80.2 cm³/mol. The van der Waals surface area contributed by atoms with Crippen molar-refractivity contribution < 1.29 is 14.7 Å². The summed E-state index contributed by atoms with van der Waals surface area (Å²) in [5.41, 5.74) is 0. The largest absolute Gasteiger partial charge is 0.481 e. The molecule has 0 aromatic rings. The molecule has 0 saturated carbocycles. The molecule has 6 heteroatoms. The van der Waals surface area contributed by atoms with Crippen LogP contribution in [0.3, 0.4) is 0 Å². The first-order valence-electron chi connectivity index (χ1n) is 8.00. The highest BCUT2D eigenvalue weighted by molar-refractivity contribution is 5.74. The van der Waals surface area contributed by atoms with Gasteiger partial charge in [-0.05, 0) is 44.7 Å². The van der Waals surface area contributed by atoms with Crippen molar-refractivity contribution >= 4 is 12.0 Å². The first kappa shape index (κ1) is 16.1. The summed E-state index contributed by atoms with van der Waals surface area (Å²) < 4.78 is 0. The van der Waals surface area contributed by atoms with Crippen LogP contribution < -0.4 is 0 Å². The van der Waals surface area contributed by atoms with Crippen LogP contribution >= 0.6 is 0 Å². The number of carbonyl (C=O) groups is 2. The summed E-state index contributed by atoms with van der Waals surface area (Å²) in [6.07, 6.45) is 4.36. The van der Waals surface area contributed by atoms with Gasteiger partial charge in [0.15, 0.2) is 0 Å². The molecule has 21 heavy (non-hydrogen) atoms. The van der Waals surface area contributed by atoms with Crippen LogP contribution in [-0.2, 0) is 4.79 Å². The normalized spacial score (nSPS) is 22.7. The molecule has 2 amide bonds. The van der Waals surface area contributed by atoms with Crippen molar-refractivity contribution in [2.75, 3.05) is 46.3 Å². The number of hydrogen-bond donors (Lipinski definition) is 1. The van der Waals surface area contributed by atoms with E-state index in [1.807, 2.05) is 11.9 Å². The molecule has 2 saturated heterocycles. The van der Waals surface area contributed by atoms with E-state index in [1.165, 1.54) is 12.8 Å². The molecule has 2 fully saturated rings. The van der Waals surface area contributed by atoms with Crippen molar-refractivity contribution in [1.29, 1.82) is 0 Å². The van der Waals surface area contributed by atoms with Gasteiger partial charge in [-0.25, -0.2) is 4.79 Å². The second-order valence-electron chi connectivity index (χ2n) is 6.29. The maximum Gasteiger partial charge on any atom is 0.319 e. The van der Waals surface area contributed by atoms with Gasteiger partial charge in [0.05, 0.1) is 0 Å². The Kier molecular flexibility index (Phi) is 5.85. The summed E-state index contributed by atoms with van der Waals surface area (Å²) in [6.45, 7) is 5.51. The fourth-order valence-corrected chi connectivity index (χ4v) is 3.20. The zero-order valence-electron chi connectivity index (χ0n) is 13.0. The Morgan fingerprint density at radius 1 is 1.24 bits per heavy atom. The minimum absolute atomic E-state index is 0.0898. The van der Waals surface area contributed by atoms with Crippen molar-refractivity contribution in [3.8, 4) is 0 Å². The smallest absolute Gasteiger partial charge is 0.319 e. The van der Waals surface area contributed by atoms with Crippen molar-refractivity contribution in [3.63, 3.8) is 0 Å². The number of rotatable bonds is 6. The molecule has 0 spiro atoms. The van der Waals surface area contributed by atoms with Crippen LogP contribution in [0.4, 0.5) is 4.79 Å². The lowest BCUT2D eigenvalue weighted by atomic mass is 10.0. The molecule has 2 heterocycles. The molecule has 6 nitrogen and oxygen atoms in total. The molecule has 2 aliphatic rings. The van der Waals surface area contributed by atoms with Gasteiger partial charge in [-0.2, -0.15) is 0 Å².